The van der Waals surface area contributed by atoms with Crippen LogP contribution in [0.15, 0.2) is 40.5 Å². The van der Waals surface area contributed by atoms with E-state index in [1.807, 2.05) is 35.2 Å². The molecule has 13 heteroatoms. The number of rotatable bonds is 6. The summed E-state index contributed by atoms with van der Waals surface area (Å²) >= 11 is 1.52. The number of thioether (sulfide) groups is 1. The molecular weight excluding hydrogens is 468 g/mol. The molecule has 4 heterocycles. The first-order valence-electron chi connectivity index (χ1n) is 11.7. The van der Waals surface area contributed by atoms with Crippen LogP contribution in [0.2, 0.25) is 0 Å². The van der Waals surface area contributed by atoms with E-state index in [1.165, 1.54) is 28.6 Å². The zero-order valence-corrected chi connectivity index (χ0v) is 20.9. The number of urea groups is 1. The number of guanidine groups is 1. The first-order chi connectivity index (χ1) is 17.0. The van der Waals surface area contributed by atoms with Gasteiger partial charge in [0.15, 0.2) is 0 Å². The van der Waals surface area contributed by atoms with Crippen LogP contribution in [0.25, 0.3) is 5.69 Å². The van der Waals surface area contributed by atoms with E-state index in [0.717, 1.165) is 44.4 Å². The van der Waals surface area contributed by atoms with Gasteiger partial charge < -0.3 is 0 Å². The van der Waals surface area contributed by atoms with Crippen molar-refractivity contribution in [1.29, 1.82) is 0 Å². The number of imide groups is 1. The average molecular weight is 498 g/mol. The summed E-state index contributed by atoms with van der Waals surface area (Å²) in [6.45, 7) is 7.24. The lowest BCUT2D eigenvalue weighted by Crippen LogP contribution is -2.63. The van der Waals surface area contributed by atoms with Gasteiger partial charge >= 0.3 is 12.0 Å². The van der Waals surface area contributed by atoms with Gasteiger partial charge in [0, 0.05) is 32.9 Å². The number of nitrogens with zero attached hydrogens (tertiary/aromatic N) is 10. The van der Waals surface area contributed by atoms with Gasteiger partial charge in [0.2, 0.25) is 17.0 Å². The maximum Gasteiger partial charge on any atom is 0.392 e. The molecule has 2 aromatic rings. The van der Waals surface area contributed by atoms with Crippen LogP contribution >= 0.6 is 11.8 Å². The second-order valence-electron chi connectivity index (χ2n) is 8.58. The van der Waals surface area contributed by atoms with Gasteiger partial charge in [-0.1, -0.05) is 41.9 Å². The number of piperazine rings is 1. The number of hydrogen-bond donors (Lipinski definition) is 0. The summed E-state index contributed by atoms with van der Waals surface area (Å²) < 4.78 is 3.93. The minimum atomic E-state index is -0.618. The average Bonchev–Trinajstić information content (AvgIpc) is 3.52. The SMILES string of the molecule is CCN1CC[N+](=C2N=C3C(C(=O)N(C)C(=O)N3C)N2CCSc2nnnn2-c2ccccc2)CC1. The first-order valence-corrected chi connectivity index (χ1v) is 12.7. The third kappa shape index (κ3) is 4.29. The molecule has 184 valence electrons. The zero-order chi connectivity index (χ0) is 24.5. The van der Waals surface area contributed by atoms with Crippen LogP contribution in [0.4, 0.5) is 4.79 Å². The molecule has 2 saturated heterocycles. The summed E-state index contributed by atoms with van der Waals surface area (Å²) in [6.07, 6.45) is 0. The Labute approximate surface area is 207 Å². The van der Waals surface area contributed by atoms with Crippen molar-refractivity contribution < 1.29 is 14.2 Å². The Morgan fingerprint density at radius 2 is 1.83 bits per heavy atom. The van der Waals surface area contributed by atoms with E-state index in [-0.39, 0.29) is 11.9 Å². The standard InChI is InChI=1S/C22H29N10O2S/c1-4-29-10-12-30(13-11-29)20-23-18-17(19(33)28(3)22(34)27(18)2)31(20)14-15-35-21-24-25-26-32(21)16-8-6-5-7-9-16/h5-9,17H,4,10-15H2,1-3H3/q+1. The molecular formula is C22H29N10O2S+. The van der Waals surface area contributed by atoms with Gasteiger partial charge in [-0.3, -0.25) is 24.1 Å². The van der Waals surface area contributed by atoms with Crippen molar-refractivity contribution in [2.45, 2.75) is 18.1 Å². The summed E-state index contributed by atoms with van der Waals surface area (Å²) in [7, 11) is 3.20. The molecule has 3 amide bonds. The van der Waals surface area contributed by atoms with Crippen LogP contribution in [0.5, 0.6) is 0 Å². The van der Waals surface area contributed by atoms with E-state index in [9.17, 15) is 9.59 Å². The number of amidine groups is 1. The minimum absolute atomic E-state index is 0.256. The third-order valence-electron chi connectivity index (χ3n) is 6.62. The van der Waals surface area contributed by atoms with Crippen LogP contribution in [-0.2, 0) is 4.79 Å². The topological polar surface area (TPSA) is 106 Å². The summed E-state index contributed by atoms with van der Waals surface area (Å²) in [5.74, 6) is 1.63. The molecule has 0 spiro atoms. The molecule has 0 aliphatic carbocycles. The number of tetrazole rings is 1. The van der Waals surface area contributed by atoms with E-state index in [4.69, 9.17) is 4.99 Å². The lowest BCUT2D eigenvalue weighted by atomic mass is 10.1. The molecule has 0 bridgehead atoms. The Hall–Kier alpha value is -3.32. The van der Waals surface area contributed by atoms with Gasteiger partial charge in [-0.15, -0.1) is 5.10 Å². The second-order valence-corrected chi connectivity index (χ2v) is 9.65. The van der Waals surface area contributed by atoms with Crippen molar-refractivity contribution in [3.63, 3.8) is 0 Å². The number of amides is 3. The Balaban J connectivity index is 1.39. The van der Waals surface area contributed by atoms with Gasteiger partial charge in [0.1, 0.15) is 0 Å². The predicted octanol–water partition coefficient (Wildman–Crippen LogP) is 0.0649. The maximum atomic E-state index is 13.2. The number of para-hydroxylation sites is 1. The number of aromatic nitrogens is 4. The van der Waals surface area contributed by atoms with Crippen molar-refractivity contribution >= 4 is 35.5 Å². The van der Waals surface area contributed by atoms with Crippen LogP contribution in [0.1, 0.15) is 6.92 Å². The molecule has 1 unspecified atom stereocenters. The van der Waals surface area contributed by atoms with E-state index >= 15 is 0 Å². The summed E-state index contributed by atoms with van der Waals surface area (Å²) in [5, 5.41) is 12.8. The highest BCUT2D eigenvalue weighted by Gasteiger charge is 2.55. The number of benzene rings is 1. The fourth-order valence-corrected chi connectivity index (χ4v) is 5.40. The van der Waals surface area contributed by atoms with E-state index in [2.05, 4.69) is 31.9 Å². The quantitative estimate of drug-likeness (QED) is 0.408. The smallest absolute Gasteiger partial charge is 0.297 e. The van der Waals surface area contributed by atoms with Gasteiger partial charge in [-0.2, -0.15) is 4.68 Å². The molecule has 12 nitrogen and oxygen atoms in total. The Kier molecular flexibility index (Phi) is 6.52. The number of carbonyl (C=O) groups excluding carboxylic acids is 2. The van der Waals surface area contributed by atoms with E-state index < -0.39 is 6.04 Å². The van der Waals surface area contributed by atoms with E-state index in [1.54, 1.807) is 11.7 Å². The van der Waals surface area contributed by atoms with Crippen molar-refractivity contribution in [3.8, 4) is 5.69 Å². The second kappa shape index (κ2) is 9.74. The molecule has 35 heavy (non-hydrogen) atoms. The Morgan fingerprint density at radius 1 is 1.09 bits per heavy atom. The summed E-state index contributed by atoms with van der Waals surface area (Å²) in [4.78, 5) is 37.7. The Morgan fingerprint density at radius 3 is 2.54 bits per heavy atom. The number of hydrogen-bond acceptors (Lipinski definition) is 7. The highest BCUT2D eigenvalue weighted by molar-refractivity contribution is 7.99. The number of aliphatic imine (C=N–C) groups is 1. The van der Waals surface area contributed by atoms with Gasteiger partial charge in [-0.05, 0) is 29.1 Å². The Bertz CT molecular complexity index is 1170. The van der Waals surface area contributed by atoms with Crippen molar-refractivity contribution in [3.05, 3.63) is 30.3 Å². The van der Waals surface area contributed by atoms with Gasteiger partial charge in [0.05, 0.1) is 25.3 Å². The molecule has 0 N–H and O–H groups in total. The molecule has 0 radical (unpaired) electrons. The van der Waals surface area contributed by atoms with Crippen molar-refractivity contribution in [2.24, 2.45) is 4.99 Å². The normalized spacial score (nSPS) is 21.2. The monoisotopic (exact) mass is 497 g/mol. The minimum Gasteiger partial charge on any atom is -0.297 e. The van der Waals surface area contributed by atoms with Crippen LogP contribution in [0, 0.1) is 0 Å². The molecule has 3 aliphatic heterocycles. The largest absolute Gasteiger partial charge is 0.392 e. The lowest BCUT2D eigenvalue weighted by Gasteiger charge is -2.33. The molecule has 1 aromatic carbocycles. The highest BCUT2D eigenvalue weighted by Crippen LogP contribution is 2.25. The molecule has 2 fully saturated rings. The fourth-order valence-electron chi connectivity index (χ4n) is 4.57. The zero-order valence-electron chi connectivity index (χ0n) is 20.1. The molecule has 5 rings (SSSR count). The van der Waals surface area contributed by atoms with Crippen molar-refractivity contribution in [2.75, 3.05) is 59.1 Å². The van der Waals surface area contributed by atoms with Crippen LogP contribution in [-0.4, -0.2) is 133 Å². The number of fused-ring (bicyclic) bond motifs is 1. The van der Waals surface area contributed by atoms with Crippen LogP contribution in [0.3, 0.4) is 0 Å². The molecule has 1 aromatic heterocycles. The molecule has 1 atom stereocenters. The lowest BCUT2D eigenvalue weighted by molar-refractivity contribution is -0.544. The third-order valence-corrected chi connectivity index (χ3v) is 7.52. The number of likely N-dealkylation sites (N-methyl/N-ethyl adjacent to an activating group) is 3. The van der Waals surface area contributed by atoms with Gasteiger partial charge in [-0.25, -0.2) is 9.69 Å². The molecule has 0 saturated carbocycles. The van der Waals surface area contributed by atoms with Crippen molar-refractivity contribution in [1.82, 2.24) is 39.8 Å². The summed E-state index contributed by atoms with van der Waals surface area (Å²) in [6, 6.07) is 8.75. The fraction of sp³-hybridized carbons (Fsp3) is 0.500. The maximum absolute atomic E-state index is 13.2. The first kappa shape index (κ1) is 23.4. The number of carbonyl (C=O) groups is 2. The van der Waals surface area contributed by atoms with Gasteiger partial charge in [0.25, 0.3) is 5.91 Å². The highest BCUT2D eigenvalue weighted by atomic mass is 32.2. The van der Waals surface area contributed by atoms with Crippen LogP contribution < -0.4 is 0 Å². The predicted molar refractivity (Wildman–Crippen MR) is 131 cm³/mol. The molecule has 3 aliphatic rings. The summed E-state index contributed by atoms with van der Waals surface area (Å²) in [5.41, 5.74) is 0.886. The van der Waals surface area contributed by atoms with E-state index in [0.29, 0.717) is 23.3 Å².